The van der Waals surface area contributed by atoms with Crippen LogP contribution >= 0.6 is 0 Å². The summed E-state index contributed by atoms with van der Waals surface area (Å²) in [6, 6.07) is 15.9. The fraction of sp³-hybridized carbons (Fsp3) is 0.489. The van der Waals surface area contributed by atoms with Gasteiger partial charge in [0.25, 0.3) is 0 Å². The highest BCUT2D eigenvalue weighted by Crippen LogP contribution is 2.29. The van der Waals surface area contributed by atoms with Crippen LogP contribution in [0.15, 0.2) is 82.9 Å². The van der Waals surface area contributed by atoms with E-state index in [0.29, 0.717) is 6.42 Å². The molecule has 1 saturated heterocycles. The fourth-order valence-corrected chi connectivity index (χ4v) is 6.15. The van der Waals surface area contributed by atoms with Crippen LogP contribution in [0.1, 0.15) is 90.8 Å². The summed E-state index contributed by atoms with van der Waals surface area (Å²) >= 11 is 0. The van der Waals surface area contributed by atoms with E-state index in [2.05, 4.69) is 26.4 Å². The van der Waals surface area contributed by atoms with E-state index in [9.17, 15) is 28.8 Å². The maximum absolute atomic E-state index is 14.2. The number of ketones is 1. The molecule has 4 N–H and O–H groups in total. The Morgan fingerprint density at radius 1 is 0.831 bits per heavy atom. The number of carbonyl (C=O) groups is 6. The molecule has 3 aromatic rings. The highest BCUT2D eigenvalue weighted by Gasteiger charge is 2.50. The second-order valence-corrected chi connectivity index (χ2v) is 17.0. The topological polar surface area (TPSA) is 198 Å². The lowest BCUT2D eigenvalue weighted by molar-refractivity contribution is -0.155. The third kappa shape index (κ3) is 14.9. The number of nitrogens with zero attached hydrogens (tertiary/aromatic N) is 1. The van der Waals surface area contributed by atoms with Crippen molar-refractivity contribution in [3.63, 3.8) is 0 Å². The first-order valence-corrected chi connectivity index (χ1v) is 20.1. The van der Waals surface area contributed by atoms with Gasteiger partial charge in [0.1, 0.15) is 29.8 Å². The van der Waals surface area contributed by atoms with Crippen molar-refractivity contribution >= 4 is 35.4 Å². The van der Waals surface area contributed by atoms with Gasteiger partial charge in [0.2, 0.25) is 23.6 Å². The quantitative estimate of drug-likeness (QED) is 0.0676. The molecule has 1 aliphatic rings. The maximum atomic E-state index is 14.2. The molecular formula is C45H59N5O9. The molecule has 0 aliphatic carbocycles. The molecule has 1 aromatic heterocycles. The van der Waals surface area contributed by atoms with E-state index in [1.54, 1.807) is 33.8 Å². The lowest BCUT2D eigenvalue weighted by atomic mass is 9.97. The average Bonchev–Trinajstić information content (AvgIpc) is 3.78. The molecule has 1 aliphatic heterocycles. The Hall–Kier alpha value is -5.63. The second kappa shape index (κ2) is 20.9. The minimum Gasteiger partial charge on any atom is -0.457 e. The molecule has 2 aromatic carbocycles. The molecule has 0 saturated carbocycles. The predicted molar refractivity (Wildman–Crippen MR) is 220 cm³/mol. The third-order valence-electron chi connectivity index (χ3n) is 9.56. The molecule has 1 unspecified atom stereocenters. The lowest BCUT2D eigenvalue weighted by Crippen LogP contribution is -2.58. The van der Waals surface area contributed by atoms with Crippen LogP contribution in [0, 0.1) is 11.3 Å². The fourth-order valence-electron chi connectivity index (χ4n) is 6.15. The number of Topliss-reactive ketones (excluding diaryl/α,β-unsaturated/α-hetero) is 1. The number of nitrogens with one attached hydrogen (secondary N) is 4. The van der Waals surface area contributed by atoms with Crippen LogP contribution in [0.3, 0.4) is 0 Å². The van der Waals surface area contributed by atoms with E-state index in [4.69, 9.17) is 14.0 Å². The van der Waals surface area contributed by atoms with E-state index in [0.717, 1.165) is 16.7 Å². The molecule has 0 spiro atoms. The van der Waals surface area contributed by atoms with E-state index >= 15 is 0 Å². The van der Waals surface area contributed by atoms with Gasteiger partial charge in [-0.3, -0.25) is 28.8 Å². The monoisotopic (exact) mass is 813 g/mol. The van der Waals surface area contributed by atoms with Gasteiger partial charge in [0.15, 0.2) is 18.2 Å². The largest absolute Gasteiger partial charge is 0.457 e. The summed E-state index contributed by atoms with van der Waals surface area (Å²) < 4.78 is 15.9. The Morgan fingerprint density at radius 2 is 1.41 bits per heavy atom. The SMILES string of the molecule is CC(C)=C[C@H](NC(=O)[C@H](Cc1ccccc1)NC(=O)[C@H](CC(C)C)NC(=O)[C@H](CCc1ccccc1)NC(=O)Cc1cc(COC(=O)C(C)(C)C)on1)C(=O)C1(C)CO1. The highest BCUT2D eigenvalue weighted by atomic mass is 16.6. The number of epoxide rings is 1. The van der Waals surface area contributed by atoms with Crippen molar-refractivity contribution in [3.8, 4) is 0 Å². The Kier molecular flexibility index (Phi) is 16.3. The molecule has 318 valence electrons. The molecule has 14 heteroatoms. The second-order valence-electron chi connectivity index (χ2n) is 17.0. The van der Waals surface area contributed by atoms with Crippen LogP contribution in [-0.2, 0) is 64.1 Å². The Morgan fingerprint density at radius 3 is 1.98 bits per heavy atom. The van der Waals surface area contributed by atoms with Gasteiger partial charge in [-0.05, 0) is 77.8 Å². The number of allylic oxidation sites excluding steroid dienone is 1. The Balaban J connectivity index is 1.51. The molecule has 1 fully saturated rings. The van der Waals surface area contributed by atoms with Crippen molar-refractivity contribution in [2.75, 3.05) is 6.61 Å². The molecule has 5 atom stereocenters. The van der Waals surface area contributed by atoms with Gasteiger partial charge in [0, 0.05) is 12.5 Å². The zero-order valence-electron chi connectivity index (χ0n) is 35.4. The summed E-state index contributed by atoms with van der Waals surface area (Å²) in [4.78, 5) is 81.2. The van der Waals surface area contributed by atoms with E-state index < -0.39 is 64.8 Å². The van der Waals surface area contributed by atoms with Gasteiger partial charge in [-0.1, -0.05) is 91.3 Å². The zero-order valence-corrected chi connectivity index (χ0v) is 35.4. The molecular weight excluding hydrogens is 755 g/mol. The smallest absolute Gasteiger partial charge is 0.311 e. The number of hydrogen-bond donors (Lipinski definition) is 4. The first kappa shape index (κ1) is 46.1. The predicted octanol–water partition coefficient (Wildman–Crippen LogP) is 4.49. The number of rotatable bonds is 21. The van der Waals surface area contributed by atoms with Crippen molar-refractivity contribution < 1.29 is 42.8 Å². The Bertz CT molecular complexity index is 1940. The van der Waals surface area contributed by atoms with Gasteiger partial charge in [-0.2, -0.15) is 0 Å². The van der Waals surface area contributed by atoms with Crippen LogP contribution in [0.4, 0.5) is 0 Å². The van der Waals surface area contributed by atoms with Crippen LogP contribution in [-0.4, -0.2) is 76.9 Å². The van der Waals surface area contributed by atoms with Gasteiger partial charge in [-0.15, -0.1) is 0 Å². The minimum atomic E-state index is -1.11. The van der Waals surface area contributed by atoms with Gasteiger partial charge in [0.05, 0.1) is 24.1 Å². The standard InChI is InChI=1S/C45H59N5O9/c1-28(2)21-35(39(52)45(8)27-58-45)47-42(55)37(23-31-17-13-10-14-18-31)49-41(54)36(22-29(3)4)48-40(53)34(20-19-30-15-11-9-12-16-30)46-38(51)25-32-24-33(59-50-32)26-57-43(56)44(5,6)7/h9-18,21,24,29,34-37H,19-20,22-23,25-27H2,1-8H3,(H,46,51)(H,47,55)(H,48,53)(H,49,54)/t34-,35-,36-,37-,45?/m0/s1. The molecule has 0 bridgehead atoms. The van der Waals surface area contributed by atoms with Crippen molar-refractivity contribution in [2.45, 2.75) is 124 Å². The molecule has 59 heavy (non-hydrogen) atoms. The van der Waals surface area contributed by atoms with Crippen molar-refractivity contribution in [1.82, 2.24) is 26.4 Å². The minimum absolute atomic E-state index is 0.0483. The van der Waals surface area contributed by atoms with Crippen molar-refractivity contribution in [1.29, 1.82) is 0 Å². The maximum Gasteiger partial charge on any atom is 0.311 e. The van der Waals surface area contributed by atoms with Crippen LogP contribution < -0.4 is 21.3 Å². The highest BCUT2D eigenvalue weighted by molar-refractivity contribution is 6.00. The van der Waals surface area contributed by atoms with Crippen LogP contribution in [0.25, 0.3) is 0 Å². The first-order valence-electron chi connectivity index (χ1n) is 20.1. The molecule has 0 radical (unpaired) electrons. The van der Waals surface area contributed by atoms with Crippen LogP contribution in [0.5, 0.6) is 0 Å². The number of aryl methyl sites for hydroxylation is 1. The number of esters is 1. The summed E-state index contributed by atoms with van der Waals surface area (Å²) in [6.45, 7) is 14.4. The molecule has 4 rings (SSSR count). The van der Waals surface area contributed by atoms with Gasteiger partial charge in [-0.25, -0.2) is 0 Å². The molecule has 2 heterocycles. The molecule has 14 nitrogen and oxygen atoms in total. The number of carbonyl (C=O) groups excluding carboxylic acids is 6. The number of hydrogen-bond acceptors (Lipinski definition) is 10. The van der Waals surface area contributed by atoms with E-state index in [1.807, 2.05) is 88.4 Å². The van der Waals surface area contributed by atoms with E-state index in [-0.39, 0.29) is 62.1 Å². The van der Waals surface area contributed by atoms with Gasteiger partial charge < -0.3 is 35.3 Å². The number of aromatic nitrogens is 1. The summed E-state index contributed by atoms with van der Waals surface area (Å²) in [6.07, 6.45) is 2.44. The first-order chi connectivity index (χ1) is 27.8. The summed E-state index contributed by atoms with van der Waals surface area (Å²) in [5.74, 6) is -2.77. The Labute approximate surface area is 346 Å². The van der Waals surface area contributed by atoms with Crippen LogP contribution in [0.2, 0.25) is 0 Å². The number of amides is 4. The lowest BCUT2D eigenvalue weighted by Gasteiger charge is -2.27. The zero-order chi connectivity index (χ0) is 43.3. The summed E-state index contributed by atoms with van der Waals surface area (Å²) in [5.41, 5.74) is 1.11. The van der Waals surface area contributed by atoms with Crippen molar-refractivity contribution in [3.05, 3.63) is 101 Å². The average molecular weight is 814 g/mol. The number of ether oxygens (including phenoxy) is 2. The summed E-state index contributed by atoms with van der Waals surface area (Å²) in [7, 11) is 0. The van der Waals surface area contributed by atoms with Gasteiger partial charge >= 0.3 is 5.97 Å². The summed E-state index contributed by atoms with van der Waals surface area (Å²) in [5, 5.41) is 15.3. The third-order valence-corrected chi connectivity index (χ3v) is 9.56. The normalized spacial score (nSPS) is 16.8. The van der Waals surface area contributed by atoms with Crippen molar-refractivity contribution in [2.24, 2.45) is 11.3 Å². The molecule has 4 amide bonds. The number of benzene rings is 2. The van der Waals surface area contributed by atoms with E-state index in [1.165, 1.54) is 6.07 Å².